The Morgan fingerprint density at radius 1 is 1.29 bits per heavy atom. The summed E-state index contributed by atoms with van der Waals surface area (Å²) in [6, 6.07) is 1.88. The van der Waals surface area contributed by atoms with E-state index in [9.17, 15) is 0 Å². The van der Waals surface area contributed by atoms with Crippen LogP contribution in [0.3, 0.4) is 0 Å². The lowest BCUT2D eigenvalue weighted by molar-refractivity contribution is 0.178. The number of anilines is 2. The van der Waals surface area contributed by atoms with E-state index >= 15 is 0 Å². The highest BCUT2D eigenvalue weighted by molar-refractivity contribution is 5.47. The van der Waals surface area contributed by atoms with Gasteiger partial charge in [-0.1, -0.05) is 6.92 Å². The van der Waals surface area contributed by atoms with E-state index < -0.39 is 0 Å². The molecule has 114 valence electrons. The summed E-state index contributed by atoms with van der Waals surface area (Å²) in [7, 11) is 5.40. The zero-order valence-corrected chi connectivity index (χ0v) is 13.0. The van der Waals surface area contributed by atoms with Gasteiger partial charge in [0.05, 0.1) is 5.69 Å². The van der Waals surface area contributed by atoms with Crippen molar-refractivity contribution < 1.29 is 4.74 Å². The maximum Gasteiger partial charge on any atom is 0.158 e. The molecule has 0 radical (unpaired) electrons. The zero-order valence-electron chi connectivity index (χ0n) is 13.0. The van der Waals surface area contributed by atoms with Gasteiger partial charge in [-0.05, 0) is 6.42 Å². The summed E-state index contributed by atoms with van der Waals surface area (Å²) in [5.74, 6) is 2.18. The predicted octanol–water partition coefficient (Wildman–Crippen LogP) is 1.57. The van der Waals surface area contributed by atoms with Gasteiger partial charge in [0.1, 0.15) is 18.2 Å². The van der Waals surface area contributed by atoms with Crippen molar-refractivity contribution in [3.05, 3.63) is 29.3 Å². The molecule has 2 aromatic rings. The molecule has 2 N–H and O–H groups in total. The van der Waals surface area contributed by atoms with Gasteiger partial charge in [-0.3, -0.25) is 4.68 Å². The normalized spacial score (nSPS) is 10.7. The molecule has 0 bridgehead atoms. The number of nitrogens with one attached hydrogen (secondary N) is 2. The first kappa shape index (κ1) is 15.2. The van der Waals surface area contributed by atoms with Crippen LogP contribution in [0.5, 0.6) is 0 Å². The number of methoxy groups -OCH3 is 1. The fourth-order valence-electron chi connectivity index (χ4n) is 2.12. The molecule has 7 heteroatoms. The van der Waals surface area contributed by atoms with E-state index in [4.69, 9.17) is 4.74 Å². The number of aryl methyl sites for hydroxylation is 2. The van der Waals surface area contributed by atoms with Crippen LogP contribution < -0.4 is 10.6 Å². The second-order valence-corrected chi connectivity index (χ2v) is 4.72. The Bertz CT molecular complexity index is 595. The van der Waals surface area contributed by atoms with Crippen LogP contribution in [0.1, 0.15) is 24.0 Å². The van der Waals surface area contributed by atoms with Gasteiger partial charge in [0.15, 0.2) is 5.82 Å². The van der Waals surface area contributed by atoms with Gasteiger partial charge in [0.25, 0.3) is 0 Å². The molecular formula is C14H22N6O. The Hall–Kier alpha value is -2.15. The summed E-state index contributed by atoms with van der Waals surface area (Å²) >= 11 is 0. The molecule has 0 saturated heterocycles. The molecule has 0 aromatic carbocycles. The van der Waals surface area contributed by atoms with E-state index in [0.29, 0.717) is 19.0 Å². The fourth-order valence-corrected chi connectivity index (χ4v) is 2.12. The topological polar surface area (TPSA) is 76.9 Å². The van der Waals surface area contributed by atoms with Crippen molar-refractivity contribution in [2.24, 2.45) is 7.05 Å². The van der Waals surface area contributed by atoms with E-state index in [-0.39, 0.29) is 0 Å². The van der Waals surface area contributed by atoms with Gasteiger partial charge in [-0.15, -0.1) is 0 Å². The quantitative estimate of drug-likeness (QED) is 0.806. The SMILES string of the molecule is CCc1nn(C)cc1CNc1cc(NC)nc(COC)n1. The molecule has 0 unspecified atom stereocenters. The molecule has 0 spiro atoms. The molecule has 2 aromatic heterocycles. The Morgan fingerprint density at radius 2 is 2.05 bits per heavy atom. The minimum absolute atomic E-state index is 0.386. The van der Waals surface area contributed by atoms with Crippen LogP contribution in [-0.4, -0.2) is 33.9 Å². The average molecular weight is 290 g/mol. The monoisotopic (exact) mass is 290 g/mol. The summed E-state index contributed by atoms with van der Waals surface area (Å²) in [5, 5.41) is 10.8. The molecule has 7 nitrogen and oxygen atoms in total. The number of nitrogens with zero attached hydrogens (tertiary/aromatic N) is 4. The fraction of sp³-hybridized carbons (Fsp3) is 0.500. The number of hydrogen-bond acceptors (Lipinski definition) is 6. The molecule has 0 aliphatic rings. The standard InChI is InChI=1S/C14H22N6O/c1-5-11-10(8-20(3)19-11)7-16-13-6-12(15-2)17-14(18-13)9-21-4/h6,8H,5,7,9H2,1-4H3,(H2,15,16,17,18). The van der Waals surface area contributed by atoms with Crippen molar-refractivity contribution in [2.45, 2.75) is 26.5 Å². The predicted molar refractivity (Wildman–Crippen MR) is 82.2 cm³/mol. The van der Waals surface area contributed by atoms with E-state index in [0.717, 1.165) is 23.8 Å². The van der Waals surface area contributed by atoms with Gasteiger partial charge in [-0.25, -0.2) is 9.97 Å². The molecule has 0 aliphatic heterocycles. The largest absolute Gasteiger partial charge is 0.377 e. The van der Waals surface area contributed by atoms with Gasteiger partial charge in [-0.2, -0.15) is 5.10 Å². The number of ether oxygens (including phenoxy) is 1. The molecule has 2 rings (SSSR count). The third-order valence-corrected chi connectivity index (χ3v) is 3.09. The summed E-state index contributed by atoms with van der Waals surface area (Å²) in [4.78, 5) is 8.76. The van der Waals surface area contributed by atoms with Gasteiger partial charge in [0, 0.05) is 45.6 Å². The molecule has 0 saturated carbocycles. The van der Waals surface area contributed by atoms with Crippen LogP contribution in [0.15, 0.2) is 12.3 Å². The first-order chi connectivity index (χ1) is 10.2. The zero-order chi connectivity index (χ0) is 15.2. The molecule has 21 heavy (non-hydrogen) atoms. The smallest absolute Gasteiger partial charge is 0.158 e. The highest BCUT2D eigenvalue weighted by Crippen LogP contribution is 2.14. The van der Waals surface area contributed by atoms with Gasteiger partial charge < -0.3 is 15.4 Å². The van der Waals surface area contributed by atoms with E-state index in [2.05, 4.69) is 32.6 Å². The number of rotatable bonds is 7. The highest BCUT2D eigenvalue weighted by Gasteiger charge is 2.08. The van der Waals surface area contributed by atoms with E-state index in [1.54, 1.807) is 7.11 Å². The summed E-state index contributed by atoms with van der Waals surface area (Å²) < 4.78 is 6.93. The van der Waals surface area contributed by atoms with Crippen molar-refractivity contribution in [1.29, 1.82) is 0 Å². The summed E-state index contributed by atoms with van der Waals surface area (Å²) in [6.45, 7) is 3.17. The Kier molecular flexibility index (Phi) is 5.10. The first-order valence-electron chi connectivity index (χ1n) is 6.96. The second kappa shape index (κ2) is 7.03. The van der Waals surface area contributed by atoms with Crippen LogP contribution in [0.25, 0.3) is 0 Å². The number of aromatic nitrogens is 4. The van der Waals surface area contributed by atoms with Crippen LogP contribution in [0.2, 0.25) is 0 Å². The highest BCUT2D eigenvalue weighted by atomic mass is 16.5. The Labute approximate surface area is 124 Å². The third kappa shape index (κ3) is 3.91. The van der Waals surface area contributed by atoms with Crippen molar-refractivity contribution in [1.82, 2.24) is 19.7 Å². The molecule has 0 fully saturated rings. The third-order valence-electron chi connectivity index (χ3n) is 3.09. The maximum atomic E-state index is 5.09. The van der Waals surface area contributed by atoms with Crippen molar-refractivity contribution in [2.75, 3.05) is 24.8 Å². The Morgan fingerprint density at radius 3 is 2.71 bits per heavy atom. The van der Waals surface area contributed by atoms with Gasteiger partial charge >= 0.3 is 0 Å². The maximum absolute atomic E-state index is 5.09. The van der Waals surface area contributed by atoms with E-state index in [1.807, 2.05) is 31.0 Å². The number of hydrogen-bond donors (Lipinski definition) is 2. The van der Waals surface area contributed by atoms with Crippen molar-refractivity contribution in [3.63, 3.8) is 0 Å². The Balaban J connectivity index is 2.13. The summed E-state index contributed by atoms with van der Waals surface area (Å²) in [6.07, 6.45) is 2.94. The summed E-state index contributed by atoms with van der Waals surface area (Å²) in [5.41, 5.74) is 2.28. The van der Waals surface area contributed by atoms with Crippen molar-refractivity contribution in [3.8, 4) is 0 Å². The lowest BCUT2D eigenvalue weighted by Crippen LogP contribution is -2.07. The lowest BCUT2D eigenvalue weighted by atomic mass is 10.2. The van der Waals surface area contributed by atoms with Crippen LogP contribution >= 0.6 is 0 Å². The average Bonchev–Trinajstić information content (AvgIpc) is 2.85. The van der Waals surface area contributed by atoms with Crippen LogP contribution in [-0.2, 0) is 31.4 Å². The molecule has 0 aliphatic carbocycles. The first-order valence-corrected chi connectivity index (χ1v) is 6.96. The molecular weight excluding hydrogens is 268 g/mol. The second-order valence-electron chi connectivity index (χ2n) is 4.72. The lowest BCUT2D eigenvalue weighted by Gasteiger charge is -2.09. The molecule has 0 amide bonds. The molecule has 0 atom stereocenters. The van der Waals surface area contributed by atoms with Crippen LogP contribution in [0.4, 0.5) is 11.6 Å². The van der Waals surface area contributed by atoms with Crippen LogP contribution in [0, 0.1) is 0 Å². The molecule has 2 heterocycles. The van der Waals surface area contributed by atoms with E-state index in [1.165, 1.54) is 5.56 Å². The van der Waals surface area contributed by atoms with Gasteiger partial charge in [0.2, 0.25) is 0 Å². The van der Waals surface area contributed by atoms with Crippen molar-refractivity contribution >= 4 is 11.6 Å². The minimum atomic E-state index is 0.386. The minimum Gasteiger partial charge on any atom is -0.377 e.